The Morgan fingerprint density at radius 3 is 2.19 bits per heavy atom. The van der Waals surface area contributed by atoms with Crippen LogP contribution in [0.1, 0.15) is 72.4 Å². The molecule has 0 aromatic heterocycles. The highest BCUT2D eigenvalue weighted by Gasteiger charge is 2.35. The standard InChI is InChI=1S/C28H34N2O2/c1-7-11-25(28(4,5)6)30(27(32)22-17-19(2)16-20(3)18-22)29-26(31)24-15-10-13-21-12-8-9-14-23(21)24/h8-10,12-18,25H,7,11H2,1-6H3,(H,29,31). The number of carbonyl (C=O) groups is 2. The highest BCUT2D eigenvalue weighted by molar-refractivity contribution is 6.08. The lowest BCUT2D eigenvalue weighted by Gasteiger charge is -2.40. The van der Waals surface area contributed by atoms with Crippen LogP contribution in [0, 0.1) is 19.3 Å². The number of hydrogen-bond acceptors (Lipinski definition) is 2. The van der Waals surface area contributed by atoms with Gasteiger partial charge in [0.15, 0.2) is 0 Å². The number of nitrogens with zero attached hydrogens (tertiary/aromatic N) is 1. The van der Waals surface area contributed by atoms with Gasteiger partial charge >= 0.3 is 0 Å². The minimum Gasteiger partial charge on any atom is -0.267 e. The van der Waals surface area contributed by atoms with Crippen LogP contribution in [-0.4, -0.2) is 22.9 Å². The number of nitrogens with one attached hydrogen (secondary N) is 1. The number of hydrogen-bond donors (Lipinski definition) is 1. The Bertz CT molecular complexity index is 1100. The van der Waals surface area contributed by atoms with Gasteiger partial charge in [-0.15, -0.1) is 0 Å². The van der Waals surface area contributed by atoms with E-state index in [0.29, 0.717) is 11.1 Å². The first-order valence-electron chi connectivity index (χ1n) is 11.3. The molecule has 1 atom stereocenters. The molecule has 1 N–H and O–H groups in total. The second-order valence-electron chi connectivity index (χ2n) is 9.69. The van der Waals surface area contributed by atoms with Crippen LogP contribution in [0.15, 0.2) is 60.7 Å². The molecule has 4 heteroatoms. The molecule has 168 valence electrons. The monoisotopic (exact) mass is 430 g/mol. The van der Waals surface area contributed by atoms with E-state index >= 15 is 0 Å². The molecule has 0 heterocycles. The summed E-state index contributed by atoms with van der Waals surface area (Å²) in [6, 6.07) is 19.1. The zero-order valence-corrected chi connectivity index (χ0v) is 20.0. The number of fused-ring (bicyclic) bond motifs is 1. The van der Waals surface area contributed by atoms with Crippen molar-refractivity contribution in [2.75, 3.05) is 0 Å². The molecule has 4 nitrogen and oxygen atoms in total. The summed E-state index contributed by atoms with van der Waals surface area (Å²) in [6.07, 6.45) is 1.69. The van der Waals surface area contributed by atoms with Gasteiger partial charge < -0.3 is 0 Å². The van der Waals surface area contributed by atoms with Crippen molar-refractivity contribution in [3.05, 3.63) is 82.9 Å². The van der Waals surface area contributed by atoms with E-state index in [1.165, 1.54) is 0 Å². The Morgan fingerprint density at radius 1 is 0.938 bits per heavy atom. The predicted molar refractivity (Wildman–Crippen MR) is 132 cm³/mol. The Kier molecular flexibility index (Phi) is 7.02. The van der Waals surface area contributed by atoms with Gasteiger partial charge in [0, 0.05) is 11.1 Å². The van der Waals surface area contributed by atoms with Crippen LogP contribution in [0.3, 0.4) is 0 Å². The SMILES string of the molecule is CCCC(N(NC(=O)c1cccc2ccccc12)C(=O)c1cc(C)cc(C)c1)C(C)(C)C. The summed E-state index contributed by atoms with van der Waals surface area (Å²) in [7, 11) is 0. The van der Waals surface area contributed by atoms with Crippen LogP contribution < -0.4 is 5.43 Å². The lowest BCUT2D eigenvalue weighted by atomic mass is 9.83. The molecule has 0 aliphatic carbocycles. The molecular formula is C28H34N2O2. The van der Waals surface area contributed by atoms with Crippen molar-refractivity contribution in [2.24, 2.45) is 5.41 Å². The van der Waals surface area contributed by atoms with Gasteiger partial charge in [-0.25, -0.2) is 5.01 Å². The largest absolute Gasteiger partial charge is 0.272 e. The first-order valence-corrected chi connectivity index (χ1v) is 11.3. The molecular weight excluding hydrogens is 396 g/mol. The Balaban J connectivity index is 2.05. The van der Waals surface area contributed by atoms with Gasteiger partial charge in [0.25, 0.3) is 11.8 Å². The second-order valence-corrected chi connectivity index (χ2v) is 9.69. The lowest BCUT2D eigenvalue weighted by Crippen LogP contribution is -2.56. The fraction of sp³-hybridized carbons (Fsp3) is 0.357. The molecule has 0 saturated heterocycles. The summed E-state index contributed by atoms with van der Waals surface area (Å²) in [4.78, 5) is 27.2. The number of hydrazine groups is 1. The predicted octanol–water partition coefficient (Wildman–Crippen LogP) is 6.46. The van der Waals surface area contributed by atoms with E-state index in [2.05, 4.69) is 33.1 Å². The van der Waals surface area contributed by atoms with E-state index in [4.69, 9.17) is 0 Å². The highest BCUT2D eigenvalue weighted by atomic mass is 16.2. The minimum absolute atomic E-state index is 0.153. The third kappa shape index (κ3) is 5.18. The third-order valence-corrected chi connectivity index (χ3v) is 5.82. The molecule has 3 aromatic rings. The van der Waals surface area contributed by atoms with Crippen LogP contribution >= 0.6 is 0 Å². The summed E-state index contributed by atoms with van der Waals surface area (Å²) < 4.78 is 0. The van der Waals surface area contributed by atoms with Crippen LogP contribution in [0.5, 0.6) is 0 Å². The van der Waals surface area contributed by atoms with Gasteiger partial charge in [0.05, 0.1) is 6.04 Å². The third-order valence-electron chi connectivity index (χ3n) is 5.82. The summed E-state index contributed by atoms with van der Waals surface area (Å²) >= 11 is 0. The Hall–Kier alpha value is -3.14. The van der Waals surface area contributed by atoms with Crippen LogP contribution in [-0.2, 0) is 0 Å². The molecule has 2 amide bonds. The van der Waals surface area contributed by atoms with Crippen molar-refractivity contribution >= 4 is 22.6 Å². The molecule has 32 heavy (non-hydrogen) atoms. The first kappa shape index (κ1) is 23.5. The summed E-state index contributed by atoms with van der Waals surface area (Å²) in [5.74, 6) is -0.455. The van der Waals surface area contributed by atoms with Crippen molar-refractivity contribution in [1.29, 1.82) is 0 Å². The van der Waals surface area contributed by atoms with Crippen LogP contribution in [0.4, 0.5) is 0 Å². The molecule has 1 unspecified atom stereocenters. The molecule has 0 radical (unpaired) electrons. The molecule has 3 aromatic carbocycles. The van der Waals surface area contributed by atoms with Crippen molar-refractivity contribution in [2.45, 2.75) is 60.4 Å². The van der Waals surface area contributed by atoms with Crippen molar-refractivity contribution < 1.29 is 9.59 Å². The zero-order chi connectivity index (χ0) is 23.5. The maximum atomic E-state index is 13.8. The van der Waals surface area contributed by atoms with E-state index in [1.54, 1.807) is 5.01 Å². The van der Waals surface area contributed by atoms with E-state index in [1.807, 2.05) is 74.5 Å². The van der Waals surface area contributed by atoms with E-state index in [-0.39, 0.29) is 23.3 Å². The number of amides is 2. The van der Waals surface area contributed by atoms with Gasteiger partial charge in [0.1, 0.15) is 0 Å². The highest BCUT2D eigenvalue weighted by Crippen LogP contribution is 2.29. The second kappa shape index (κ2) is 9.56. The molecule has 0 aliphatic heterocycles. The minimum atomic E-state index is -0.273. The van der Waals surface area contributed by atoms with E-state index < -0.39 is 0 Å². The fourth-order valence-corrected chi connectivity index (χ4v) is 4.32. The first-order chi connectivity index (χ1) is 15.1. The summed E-state index contributed by atoms with van der Waals surface area (Å²) in [5, 5.41) is 3.43. The topological polar surface area (TPSA) is 49.4 Å². The average Bonchev–Trinajstić information content (AvgIpc) is 2.73. The molecule has 0 aliphatic rings. The van der Waals surface area contributed by atoms with Crippen molar-refractivity contribution in [3.8, 4) is 0 Å². The van der Waals surface area contributed by atoms with E-state index in [9.17, 15) is 9.59 Å². The fourth-order valence-electron chi connectivity index (χ4n) is 4.32. The van der Waals surface area contributed by atoms with Crippen LogP contribution in [0.2, 0.25) is 0 Å². The average molecular weight is 431 g/mol. The van der Waals surface area contributed by atoms with Gasteiger partial charge in [-0.05, 0) is 54.7 Å². The summed E-state index contributed by atoms with van der Waals surface area (Å²) in [5.41, 5.74) is 5.99. The van der Waals surface area contributed by atoms with Gasteiger partial charge in [-0.2, -0.15) is 0 Å². The zero-order valence-electron chi connectivity index (χ0n) is 20.0. The molecule has 3 rings (SSSR count). The number of benzene rings is 3. The maximum absolute atomic E-state index is 13.8. The maximum Gasteiger partial charge on any atom is 0.272 e. The summed E-state index contributed by atoms with van der Waals surface area (Å²) in [6.45, 7) is 12.4. The Labute approximate surface area is 191 Å². The molecule has 0 bridgehead atoms. The van der Waals surface area contributed by atoms with E-state index in [0.717, 1.165) is 34.7 Å². The number of aryl methyl sites for hydroxylation is 2. The quantitative estimate of drug-likeness (QED) is 0.472. The van der Waals surface area contributed by atoms with Gasteiger partial charge in [-0.3, -0.25) is 15.0 Å². The Morgan fingerprint density at radius 2 is 1.56 bits per heavy atom. The molecule has 0 saturated carbocycles. The van der Waals surface area contributed by atoms with Crippen molar-refractivity contribution in [1.82, 2.24) is 10.4 Å². The number of carbonyl (C=O) groups excluding carboxylic acids is 2. The molecule has 0 spiro atoms. The smallest absolute Gasteiger partial charge is 0.267 e. The van der Waals surface area contributed by atoms with Gasteiger partial charge in [0.2, 0.25) is 0 Å². The normalized spacial score (nSPS) is 12.4. The molecule has 0 fully saturated rings. The lowest BCUT2D eigenvalue weighted by molar-refractivity contribution is 0.0271. The number of rotatable bonds is 5. The van der Waals surface area contributed by atoms with Crippen LogP contribution in [0.25, 0.3) is 10.8 Å². The van der Waals surface area contributed by atoms with Crippen molar-refractivity contribution in [3.63, 3.8) is 0 Å². The van der Waals surface area contributed by atoms with Gasteiger partial charge in [-0.1, -0.05) is 87.7 Å².